The summed E-state index contributed by atoms with van der Waals surface area (Å²) in [6, 6.07) is 19.1. The molecule has 6 rings (SSSR count). The molecule has 0 spiro atoms. The summed E-state index contributed by atoms with van der Waals surface area (Å²) in [6.07, 6.45) is 0.00356. The molecule has 8 heteroatoms. The van der Waals surface area contributed by atoms with E-state index in [2.05, 4.69) is 22.1 Å². The highest BCUT2D eigenvalue weighted by molar-refractivity contribution is 5.84. The molecule has 0 radical (unpaired) electrons. The van der Waals surface area contributed by atoms with Gasteiger partial charge in [-0.25, -0.2) is 0 Å². The molecule has 0 aliphatic heterocycles. The molecule has 0 aliphatic carbocycles. The number of rotatable bonds is 2. The van der Waals surface area contributed by atoms with E-state index in [0.717, 1.165) is 11.0 Å². The van der Waals surface area contributed by atoms with E-state index >= 15 is 0 Å². The van der Waals surface area contributed by atoms with Gasteiger partial charge in [0.1, 0.15) is 23.4 Å². The number of nitrogens with zero attached hydrogens (tertiary/aromatic N) is 4. The van der Waals surface area contributed by atoms with Crippen LogP contribution in [-0.4, -0.2) is 18.8 Å². The number of aromatic nitrogens is 4. The Labute approximate surface area is 197 Å². The second-order valence-electron chi connectivity index (χ2n) is 8.62. The minimum absolute atomic E-state index is 0.00356. The molecule has 0 amide bonds. The summed E-state index contributed by atoms with van der Waals surface area (Å²) >= 11 is 0. The molecule has 0 saturated heterocycles. The van der Waals surface area contributed by atoms with Gasteiger partial charge < -0.3 is 9.97 Å². The maximum atomic E-state index is 13.8. The van der Waals surface area contributed by atoms with E-state index in [9.17, 15) is 20.1 Å². The minimum atomic E-state index is -0.296. The molecule has 2 aromatic carbocycles. The Morgan fingerprint density at radius 2 is 1.11 bits per heavy atom. The smallest absolute Gasteiger partial charge is 0.260 e. The third kappa shape index (κ3) is 2.65. The Bertz CT molecular complexity index is 1920. The van der Waals surface area contributed by atoms with Crippen molar-refractivity contribution in [3.05, 3.63) is 103 Å². The van der Waals surface area contributed by atoms with Gasteiger partial charge >= 0.3 is 0 Å². The fourth-order valence-corrected chi connectivity index (χ4v) is 5.04. The van der Waals surface area contributed by atoms with Gasteiger partial charge in [0.2, 0.25) is 0 Å². The predicted molar refractivity (Wildman–Crippen MR) is 133 cm³/mol. The first-order chi connectivity index (χ1) is 17.0. The fraction of sp³-hybridized carbons (Fsp3) is 0.111. The molecule has 0 aliphatic rings. The third-order valence-corrected chi connectivity index (χ3v) is 6.87. The molecule has 2 N–H and O–H groups in total. The number of hydrogen-bond acceptors (Lipinski definition) is 4. The van der Waals surface area contributed by atoms with Crippen molar-refractivity contribution < 1.29 is 0 Å². The summed E-state index contributed by atoms with van der Waals surface area (Å²) in [5.74, 6) is 0. The molecular weight excluding hydrogens is 440 g/mol. The Hall–Kier alpha value is -5.08. The number of para-hydroxylation sites is 4. The third-order valence-electron chi connectivity index (χ3n) is 6.87. The van der Waals surface area contributed by atoms with Crippen LogP contribution in [0.25, 0.3) is 33.4 Å². The van der Waals surface area contributed by atoms with Gasteiger partial charge in [0.15, 0.2) is 0 Å². The lowest BCUT2D eigenvalue weighted by molar-refractivity contribution is 0.979. The van der Waals surface area contributed by atoms with E-state index in [1.807, 2.05) is 48.5 Å². The molecule has 0 atom stereocenters. The van der Waals surface area contributed by atoms with E-state index in [-0.39, 0.29) is 17.5 Å². The van der Waals surface area contributed by atoms with Crippen molar-refractivity contribution in [1.82, 2.24) is 18.8 Å². The molecule has 0 saturated carbocycles. The lowest BCUT2D eigenvalue weighted by Crippen LogP contribution is -2.26. The zero-order chi connectivity index (χ0) is 24.4. The topological polar surface area (TPSA) is 122 Å². The van der Waals surface area contributed by atoms with Crippen molar-refractivity contribution in [3.63, 3.8) is 0 Å². The van der Waals surface area contributed by atoms with Crippen LogP contribution in [0.4, 0.5) is 0 Å². The summed E-state index contributed by atoms with van der Waals surface area (Å²) < 4.78 is 3.00. The SMILES string of the molecule is Cc1c(Cc2c(C)c(C#N)c3[nH]c4ccccc4n3c2=O)c(=O)n2c([nH]c3ccccc32)c1C#N. The van der Waals surface area contributed by atoms with E-state index in [1.165, 1.54) is 8.80 Å². The van der Waals surface area contributed by atoms with Gasteiger partial charge in [0.25, 0.3) is 11.1 Å². The quantitative estimate of drug-likeness (QED) is 0.409. The molecule has 35 heavy (non-hydrogen) atoms. The zero-order valence-corrected chi connectivity index (χ0v) is 18.9. The Balaban J connectivity index is 1.71. The van der Waals surface area contributed by atoms with Crippen LogP contribution >= 0.6 is 0 Å². The normalized spacial score (nSPS) is 11.4. The molecular formula is C27H18N6O2. The number of imidazole rings is 2. The van der Waals surface area contributed by atoms with Crippen molar-refractivity contribution in [3.8, 4) is 12.1 Å². The molecule has 4 aromatic heterocycles. The van der Waals surface area contributed by atoms with Crippen LogP contribution in [0.1, 0.15) is 33.4 Å². The van der Waals surface area contributed by atoms with E-state index in [1.54, 1.807) is 13.8 Å². The van der Waals surface area contributed by atoms with Crippen LogP contribution in [0.3, 0.4) is 0 Å². The van der Waals surface area contributed by atoms with Crippen LogP contribution in [-0.2, 0) is 6.42 Å². The monoisotopic (exact) mass is 458 g/mol. The predicted octanol–water partition coefficient (Wildman–Crippen LogP) is 3.83. The Kier molecular flexibility index (Phi) is 4.23. The number of benzene rings is 2. The highest BCUT2D eigenvalue weighted by Crippen LogP contribution is 2.25. The van der Waals surface area contributed by atoms with E-state index < -0.39 is 0 Å². The minimum Gasteiger partial charge on any atom is -0.338 e. The number of hydrogen-bond donors (Lipinski definition) is 2. The molecule has 0 fully saturated rings. The number of fused-ring (bicyclic) bond motifs is 6. The first kappa shape index (κ1) is 20.5. The second kappa shape index (κ2) is 7.21. The van der Waals surface area contributed by atoms with Crippen LogP contribution in [0.5, 0.6) is 0 Å². The highest BCUT2D eigenvalue weighted by Gasteiger charge is 2.23. The van der Waals surface area contributed by atoms with Crippen molar-refractivity contribution in [2.45, 2.75) is 20.3 Å². The van der Waals surface area contributed by atoms with Crippen LogP contribution in [0.15, 0.2) is 58.1 Å². The summed E-state index contributed by atoms with van der Waals surface area (Å²) in [5, 5.41) is 19.9. The van der Waals surface area contributed by atoms with Crippen molar-refractivity contribution in [2.75, 3.05) is 0 Å². The Morgan fingerprint density at radius 3 is 1.51 bits per heavy atom. The van der Waals surface area contributed by atoms with Crippen molar-refractivity contribution in [1.29, 1.82) is 10.5 Å². The highest BCUT2D eigenvalue weighted by atomic mass is 16.1. The summed E-state index contributed by atoms with van der Waals surface area (Å²) in [6.45, 7) is 3.45. The van der Waals surface area contributed by atoms with Crippen LogP contribution in [0.2, 0.25) is 0 Å². The maximum absolute atomic E-state index is 13.8. The molecule has 4 heterocycles. The summed E-state index contributed by atoms with van der Waals surface area (Å²) in [7, 11) is 0. The second-order valence-corrected chi connectivity index (χ2v) is 8.62. The first-order valence-electron chi connectivity index (χ1n) is 11.1. The number of nitriles is 2. The van der Waals surface area contributed by atoms with Gasteiger partial charge in [0, 0.05) is 17.5 Å². The molecule has 6 aromatic rings. The first-order valence-corrected chi connectivity index (χ1v) is 11.1. The Morgan fingerprint density at radius 1 is 0.714 bits per heavy atom. The standard InChI is InChI=1S/C27H18N6O2/c1-14-16(26(34)32-22-9-5-3-7-20(22)30-24(32)18(14)12-28)11-17-15(2)19(13-29)25-31-21-8-4-6-10-23(21)33(25)27(17)35/h3-10,30-31H,11H2,1-2H3. The summed E-state index contributed by atoms with van der Waals surface area (Å²) in [4.78, 5) is 33.9. The van der Waals surface area contributed by atoms with Gasteiger partial charge in [-0.15, -0.1) is 0 Å². The zero-order valence-electron chi connectivity index (χ0n) is 18.9. The lowest BCUT2D eigenvalue weighted by Gasteiger charge is -2.12. The molecule has 0 bridgehead atoms. The molecule has 8 nitrogen and oxygen atoms in total. The van der Waals surface area contributed by atoms with Crippen molar-refractivity contribution in [2.24, 2.45) is 0 Å². The van der Waals surface area contributed by atoms with Gasteiger partial charge in [0.05, 0.1) is 33.2 Å². The maximum Gasteiger partial charge on any atom is 0.260 e. The van der Waals surface area contributed by atoms with Gasteiger partial charge in [-0.1, -0.05) is 24.3 Å². The molecule has 0 unspecified atom stereocenters. The van der Waals surface area contributed by atoms with E-state index in [4.69, 9.17) is 0 Å². The van der Waals surface area contributed by atoms with Crippen LogP contribution in [0, 0.1) is 36.5 Å². The number of H-pyrrole nitrogens is 2. The van der Waals surface area contributed by atoms with Gasteiger partial charge in [-0.05, 0) is 49.2 Å². The number of nitrogens with one attached hydrogen (secondary N) is 2. The van der Waals surface area contributed by atoms with E-state index in [0.29, 0.717) is 55.7 Å². The largest absolute Gasteiger partial charge is 0.338 e. The van der Waals surface area contributed by atoms with Gasteiger partial charge in [-0.3, -0.25) is 18.4 Å². The average molecular weight is 458 g/mol. The average Bonchev–Trinajstić information content (AvgIpc) is 3.43. The lowest BCUT2D eigenvalue weighted by atomic mass is 9.95. The van der Waals surface area contributed by atoms with Crippen LogP contribution < -0.4 is 11.1 Å². The summed E-state index contributed by atoms with van der Waals surface area (Å²) in [5.41, 5.74) is 5.50. The number of pyridine rings is 2. The van der Waals surface area contributed by atoms with Gasteiger partial charge in [-0.2, -0.15) is 10.5 Å². The molecule has 168 valence electrons. The number of aromatic amines is 2. The van der Waals surface area contributed by atoms with Crippen molar-refractivity contribution >= 4 is 33.4 Å². The fourth-order valence-electron chi connectivity index (χ4n) is 5.04.